The molecule has 1 unspecified atom stereocenters. The molecular weight excluding hydrogens is 228 g/mol. The molecule has 0 aliphatic heterocycles. The zero-order valence-electron chi connectivity index (χ0n) is 11.6. The van der Waals surface area contributed by atoms with E-state index < -0.39 is 0 Å². The SMILES string of the molecule is CCCC(CN)C(=O)N(CCO)C1CCCCC1. The number of carbonyl (C=O) groups is 1. The molecular formula is C14H28N2O2. The Morgan fingerprint density at radius 1 is 1.39 bits per heavy atom. The first kappa shape index (κ1) is 15.4. The van der Waals surface area contributed by atoms with Crippen LogP contribution in [0.1, 0.15) is 51.9 Å². The molecule has 0 aromatic rings. The lowest BCUT2D eigenvalue weighted by atomic mass is 9.92. The lowest BCUT2D eigenvalue weighted by Gasteiger charge is -2.36. The summed E-state index contributed by atoms with van der Waals surface area (Å²) in [5.41, 5.74) is 5.71. The largest absolute Gasteiger partial charge is 0.395 e. The Morgan fingerprint density at radius 2 is 2.06 bits per heavy atom. The minimum atomic E-state index is -0.0662. The number of aliphatic hydroxyl groups is 1. The normalized spacial score (nSPS) is 18.6. The minimum Gasteiger partial charge on any atom is -0.395 e. The van der Waals surface area contributed by atoms with E-state index in [1.807, 2.05) is 4.90 Å². The van der Waals surface area contributed by atoms with Crippen molar-refractivity contribution in [3.05, 3.63) is 0 Å². The summed E-state index contributed by atoms with van der Waals surface area (Å²) in [5, 5.41) is 9.18. The minimum absolute atomic E-state index is 0.0473. The number of hydrogen-bond acceptors (Lipinski definition) is 3. The van der Waals surface area contributed by atoms with Gasteiger partial charge < -0.3 is 15.7 Å². The van der Waals surface area contributed by atoms with E-state index in [0.717, 1.165) is 25.7 Å². The van der Waals surface area contributed by atoms with Crippen molar-refractivity contribution in [2.45, 2.75) is 57.9 Å². The maximum Gasteiger partial charge on any atom is 0.227 e. The van der Waals surface area contributed by atoms with Gasteiger partial charge in [-0.2, -0.15) is 0 Å². The van der Waals surface area contributed by atoms with Crippen molar-refractivity contribution in [1.29, 1.82) is 0 Å². The Balaban J connectivity index is 2.65. The first-order chi connectivity index (χ1) is 8.74. The molecule has 1 aliphatic rings. The number of rotatable bonds is 7. The lowest BCUT2D eigenvalue weighted by Crippen LogP contribution is -2.47. The van der Waals surface area contributed by atoms with Gasteiger partial charge in [0.05, 0.1) is 12.5 Å². The van der Waals surface area contributed by atoms with Crippen LogP contribution in [0.25, 0.3) is 0 Å². The number of nitrogens with two attached hydrogens (primary N) is 1. The van der Waals surface area contributed by atoms with Crippen molar-refractivity contribution in [2.24, 2.45) is 11.7 Å². The van der Waals surface area contributed by atoms with E-state index in [2.05, 4.69) is 6.92 Å². The molecule has 3 N–H and O–H groups in total. The molecule has 0 aromatic heterocycles. The third kappa shape index (κ3) is 4.25. The van der Waals surface area contributed by atoms with E-state index in [1.165, 1.54) is 19.3 Å². The Kier molecular flexibility index (Phi) is 7.28. The fourth-order valence-corrected chi connectivity index (χ4v) is 2.90. The highest BCUT2D eigenvalue weighted by molar-refractivity contribution is 5.79. The van der Waals surface area contributed by atoms with Gasteiger partial charge in [0.15, 0.2) is 0 Å². The predicted molar refractivity (Wildman–Crippen MR) is 73.1 cm³/mol. The van der Waals surface area contributed by atoms with Crippen LogP contribution in [0.4, 0.5) is 0 Å². The molecule has 4 heteroatoms. The molecule has 1 rings (SSSR count). The molecule has 0 spiro atoms. The highest BCUT2D eigenvalue weighted by Crippen LogP contribution is 2.24. The molecule has 0 bridgehead atoms. The van der Waals surface area contributed by atoms with E-state index in [-0.39, 0.29) is 18.4 Å². The van der Waals surface area contributed by atoms with Crippen molar-refractivity contribution in [1.82, 2.24) is 4.90 Å². The first-order valence-electron chi connectivity index (χ1n) is 7.36. The van der Waals surface area contributed by atoms with Crippen LogP contribution in [-0.4, -0.2) is 41.7 Å². The average Bonchev–Trinajstić information content (AvgIpc) is 2.42. The van der Waals surface area contributed by atoms with Gasteiger partial charge in [0, 0.05) is 19.1 Å². The van der Waals surface area contributed by atoms with Gasteiger partial charge in [0.1, 0.15) is 0 Å². The van der Waals surface area contributed by atoms with E-state index in [4.69, 9.17) is 5.73 Å². The maximum absolute atomic E-state index is 12.5. The standard InChI is InChI=1S/C14H28N2O2/c1-2-6-12(11-15)14(18)16(9-10-17)13-7-4-3-5-8-13/h12-13,17H,2-11,15H2,1H3. The molecule has 1 fully saturated rings. The summed E-state index contributed by atoms with van der Waals surface area (Å²) in [6.07, 6.45) is 7.65. The molecule has 1 aliphatic carbocycles. The fourth-order valence-electron chi connectivity index (χ4n) is 2.90. The van der Waals surface area contributed by atoms with Gasteiger partial charge in [-0.1, -0.05) is 32.6 Å². The molecule has 0 heterocycles. The van der Waals surface area contributed by atoms with Gasteiger partial charge in [0.25, 0.3) is 0 Å². The van der Waals surface area contributed by atoms with Crippen LogP contribution in [0.15, 0.2) is 0 Å². The van der Waals surface area contributed by atoms with Crippen LogP contribution in [0, 0.1) is 5.92 Å². The highest BCUT2D eigenvalue weighted by Gasteiger charge is 2.28. The Hall–Kier alpha value is -0.610. The van der Waals surface area contributed by atoms with Gasteiger partial charge in [0.2, 0.25) is 5.91 Å². The molecule has 1 saturated carbocycles. The Bertz CT molecular complexity index is 240. The molecule has 1 atom stereocenters. The van der Waals surface area contributed by atoms with Gasteiger partial charge >= 0.3 is 0 Å². The number of nitrogens with zero attached hydrogens (tertiary/aromatic N) is 1. The number of amides is 1. The number of hydrogen-bond donors (Lipinski definition) is 2. The lowest BCUT2D eigenvalue weighted by molar-refractivity contribution is -0.139. The molecule has 4 nitrogen and oxygen atoms in total. The topological polar surface area (TPSA) is 66.6 Å². The van der Waals surface area contributed by atoms with Crippen molar-refractivity contribution in [3.63, 3.8) is 0 Å². The average molecular weight is 256 g/mol. The van der Waals surface area contributed by atoms with Crippen molar-refractivity contribution in [3.8, 4) is 0 Å². The summed E-state index contributed by atoms with van der Waals surface area (Å²) in [6.45, 7) is 3.00. The second kappa shape index (κ2) is 8.48. The monoisotopic (exact) mass is 256 g/mol. The van der Waals surface area contributed by atoms with E-state index in [9.17, 15) is 9.90 Å². The Labute approximate surface area is 111 Å². The summed E-state index contributed by atoms with van der Waals surface area (Å²) in [7, 11) is 0. The third-order valence-corrected chi connectivity index (χ3v) is 3.91. The predicted octanol–water partition coefficient (Wildman–Crippen LogP) is 1.51. The summed E-state index contributed by atoms with van der Waals surface area (Å²) in [5.74, 6) is 0.0868. The van der Waals surface area contributed by atoms with Crippen molar-refractivity contribution < 1.29 is 9.90 Å². The van der Waals surface area contributed by atoms with E-state index in [1.54, 1.807) is 0 Å². The third-order valence-electron chi connectivity index (χ3n) is 3.91. The molecule has 18 heavy (non-hydrogen) atoms. The molecule has 0 saturated heterocycles. The maximum atomic E-state index is 12.5. The first-order valence-corrected chi connectivity index (χ1v) is 7.36. The van der Waals surface area contributed by atoms with Crippen molar-refractivity contribution in [2.75, 3.05) is 19.7 Å². The zero-order valence-corrected chi connectivity index (χ0v) is 11.6. The zero-order chi connectivity index (χ0) is 13.4. The highest BCUT2D eigenvalue weighted by atomic mass is 16.3. The molecule has 0 aromatic carbocycles. The van der Waals surface area contributed by atoms with Crippen LogP contribution < -0.4 is 5.73 Å². The van der Waals surface area contributed by atoms with Crippen LogP contribution >= 0.6 is 0 Å². The van der Waals surface area contributed by atoms with Gasteiger partial charge in [-0.3, -0.25) is 4.79 Å². The number of aliphatic hydroxyl groups excluding tert-OH is 1. The summed E-state index contributed by atoms with van der Waals surface area (Å²) < 4.78 is 0. The smallest absolute Gasteiger partial charge is 0.227 e. The summed E-state index contributed by atoms with van der Waals surface area (Å²) in [4.78, 5) is 14.4. The van der Waals surface area contributed by atoms with E-state index in [0.29, 0.717) is 19.1 Å². The fraction of sp³-hybridized carbons (Fsp3) is 0.929. The van der Waals surface area contributed by atoms with Crippen LogP contribution in [0.2, 0.25) is 0 Å². The summed E-state index contributed by atoms with van der Waals surface area (Å²) in [6, 6.07) is 0.323. The second-order valence-corrected chi connectivity index (χ2v) is 5.27. The molecule has 0 radical (unpaired) electrons. The van der Waals surface area contributed by atoms with Gasteiger partial charge in [-0.05, 0) is 19.3 Å². The molecule has 1 amide bonds. The van der Waals surface area contributed by atoms with Crippen LogP contribution in [-0.2, 0) is 4.79 Å². The van der Waals surface area contributed by atoms with Crippen molar-refractivity contribution >= 4 is 5.91 Å². The van der Waals surface area contributed by atoms with E-state index >= 15 is 0 Å². The summed E-state index contributed by atoms with van der Waals surface area (Å²) >= 11 is 0. The van der Waals surface area contributed by atoms with Crippen LogP contribution in [0.3, 0.4) is 0 Å². The quantitative estimate of drug-likeness (QED) is 0.725. The molecule has 106 valence electrons. The number of carbonyl (C=O) groups excluding carboxylic acids is 1. The van der Waals surface area contributed by atoms with Gasteiger partial charge in [-0.15, -0.1) is 0 Å². The second-order valence-electron chi connectivity index (χ2n) is 5.27. The van der Waals surface area contributed by atoms with Gasteiger partial charge in [-0.25, -0.2) is 0 Å². The Morgan fingerprint density at radius 3 is 2.56 bits per heavy atom. The van der Waals surface area contributed by atoms with Crippen LogP contribution in [0.5, 0.6) is 0 Å².